The first kappa shape index (κ1) is 12.9. The molecule has 0 fully saturated rings. The highest BCUT2D eigenvalue weighted by atomic mass is 16.5. The quantitative estimate of drug-likeness (QED) is 0.338. The van der Waals surface area contributed by atoms with Crippen LogP contribution in [0.5, 0.6) is 0 Å². The van der Waals surface area contributed by atoms with Gasteiger partial charge in [-0.2, -0.15) is 0 Å². The molecule has 0 aromatic rings. The average molecular weight is 196 g/mol. The molecule has 0 heterocycles. The summed E-state index contributed by atoms with van der Waals surface area (Å²) >= 11 is 0. The maximum Gasteiger partial charge on any atom is 0.302 e. The third kappa shape index (κ3) is 7.59. The third-order valence-corrected chi connectivity index (χ3v) is 1.95. The van der Waals surface area contributed by atoms with E-state index in [0.29, 0.717) is 0 Å². The Balaban J connectivity index is 3.66. The van der Waals surface area contributed by atoms with Crippen LogP contribution in [0.1, 0.15) is 39.0 Å². The summed E-state index contributed by atoms with van der Waals surface area (Å²) in [7, 11) is 0. The monoisotopic (exact) mass is 196 g/mol. The first-order valence-corrected chi connectivity index (χ1v) is 5.09. The van der Waals surface area contributed by atoms with Crippen molar-refractivity contribution in [2.45, 2.75) is 45.1 Å². The Kier molecular flexibility index (Phi) is 7.90. The summed E-state index contributed by atoms with van der Waals surface area (Å²) in [6, 6.07) is 0. The predicted octanol–water partition coefficient (Wildman–Crippen LogP) is 3.24. The fraction of sp³-hybridized carbons (Fsp3) is 0.583. The van der Waals surface area contributed by atoms with E-state index in [-0.39, 0.29) is 12.1 Å². The van der Waals surface area contributed by atoms with Crippen LogP contribution in [0, 0.1) is 0 Å². The fourth-order valence-electron chi connectivity index (χ4n) is 1.31. The molecule has 80 valence electrons. The van der Waals surface area contributed by atoms with Crippen LogP contribution in [0.25, 0.3) is 0 Å². The van der Waals surface area contributed by atoms with Crippen LogP contribution in [-0.4, -0.2) is 12.1 Å². The molecular formula is C12H20O2. The smallest absolute Gasteiger partial charge is 0.302 e. The highest BCUT2D eigenvalue weighted by Crippen LogP contribution is 2.11. The van der Waals surface area contributed by atoms with Gasteiger partial charge in [0.15, 0.2) is 0 Å². The van der Waals surface area contributed by atoms with Gasteiger partial charge in [-0.25, -0.2) is 0 Å². The zero-order chi connectivity index (χ0) is 10.8. The van der Waals surface area contributed by atoms with Gasteiger partial charge in [0, 0.05) is 13.3 Å². The van der Waals surface area contributed by atoms with Gasteiger partial charge in [-0.05, 0) is 25.7 Å². The lowest BCUT2D eigenvalue weighted by atomic mass is 10.1. The Bertz CT molecular complexity index is 185. The van der Waals surface area contributed by atoms with Gasteiger partial charge >= 0.3 is 5.97 Å². The summed E-state index contributed by atoms with van der Waals surface area (Å²) in [5.41, 5.74) is 0. The number of carbonyl (C=O) groups excluding carboxylic acids is 1. The lowest BCUT2D eigenvalue weighted by Crippen LogP contribution is -2.15. The molecule has 0 spiro atoms. The maximum absolute atomic E-state index is 10.7. The second kappa shape index (κ2) is 8.54. The number of ether oxygens (including phenoxy) is 1. The molecule has 0 aromatic carbocycles. The van der Waals surface area contributed by atoms with Crippen LogP contribution >= 0.6 is 0 Å². The Morgan fingerprint density at radius 3 is 2.57 bits per heavy atom. The zero-order valence-electron chi connectivity index (χ0n) is 9.00. The number of esters is 1. The SMILES string of the molecule is C=CCCCCC(CC=C)OC(C)=O. The Morgan fingerprint density at radius 1 is 1.36 bits per heavy atom. The fourth-order valence-corrected chi connectivity index (χ4v) is 1.31. The molecule has 2 heteroatoms. The molecule has 1 atom stereocenters. The van der Waals surface area contributed by atoms with E-state index in [4.69, 9.17) is 4.74 Å². The van der Waals surface area contributed by atoms with E-state index in [0.717, 1.165) is 32.1 Å². The number of hydrogen-bond acceptors (Lipinski definition) is 2. The third-order valence-electron chi connectivity index (χ3n) is 1.95. The molecule has 0 aliphatic carbocycles. The molecule has 0 bridgehead atoms. The van der Waals surface area contributed by atoms with Gasteiger partial charge in [0.2, 0.25) is 0 Å². The molecule has 0 radical (unpaired) electrons. The van der Waals surface area contributed by atoms with Gasteiger partial charge < -0.3 is 4.74 Å². The minimum absolute atomic E-state index is 0.00909. The molecule has 0 aromatic heterocycles. The zero-order valence-corrected chi connectivity index (χ0v) is 9.00. The summed E-state index contributed by atoms with van der Waals surface area (Å²) in [6.45, 7) is 8.75. The minimum Gasteiger partial charge on any atom is -0.462 e. The van der Waals surface area contributed by atoms with E-state index in [1.165, 1.54) is 6.92 Å². The highest BCUT2D eigenvalue weighted by Gasteiger charge is 2.08. The molecular weight excluding hydrogens is 176 g/mol. The Hall–Kier alpha value is -1.05. The minimum atomic E-state index is -0.208. The Labute approximate surface area is 86.6 Å². The van der Waals surface area contributed by atoms with Crippen LogP contribution in [-0.2, 0) is 9.53 Å². The standard InChI is InChI=1S/C12H20O2/c1-4-6-7-8-10-12(9-5-2)14-11(3)13/h4-5,12H,1-2,6-10H2,3H3. The lowest BCUT2D eigenvalue weighted by Gasteiger charge is -2.14. The summed E-state index contributed by atoms with van der Waals surface area (Å²) in [4.78, 5) is 10.7. The van der Waals surface area contributed by atoms with E-state index in [9.17, 15) is 4.79 Å². The van der Waals surface area contributed by atoms with Crippen molar-refractivity contribution in [3.05, 3.63) is 25.3 Å². The van der Waals surface area contributed by atoms with Crippen molar-refractivity contribution < 1.29 is 9.53 Å². The topological polar surface area (TPSA) is 26.3 Å². The summed E-state index contributed by atoms with van der Waals surface area (Å²) in [5.74, 6) is -0.208. The first-order valence-electron chi connectivity index (χ1n) is 5.09. The maximum atomic E-state index is 10.7. The average Bonchev–Trinajstić information content (AvgIpc) is 2.12. The molecule has 0 aliphatic heterocycles. The van der Waals surface area contributed by atoms with Crippen LogP contribution in [0.3, 0.4) is 0 Å². The molecule has 1 unspecified atom stereocenters. The van der Waals surface area contributed by atoms with E-state index < -0.39 is 0 Å². The summed E-state index contributed by atoms with van der Waals surface area (Å²) < 4.78 is 5.13. The van der Waals surface area contributed by atoms with E-state index in [1.807, 2.05) is 6.08 Å². The molecule has 0 aliphatic rings. The van der Waals surface area contributed by atoms with Crippen molar-refractivity contribution >= 4 is 5.97 Å². The van der Waals surface area contributed by atoms with Gasteiger partial charge in [-0.15, -0.1) is 13.2 Å². The van der Waals surface area contributed by atoms with Crippen LogP contribution in [0.4, 0.5) is 0 Å². The molecule has 2 nitrogen and oxygen atoms in total. The molecule has 0 saturated carbocycles. The van der Waals surface area contributed by atoms with Gasteiger partial charge in [0.05, 0.1) is 0 Å². The van der Waals surface area contributed by atoms with Crippen molar-refractivity contribution in [3.63, 3.8) is 0 Å². The number of unbranched alkanes of at least 4 members (excludes halogenated alkanes) is 2. The van der Waals surface area contributed by atoms with Crippen LogP contribution in [0.15, 0.2) is 25.3 Å². The molecule has 0 N–H and O–H groups in total. The lowest BCUT2D eigenvalue weighted by molar-refractivity contribution is -0.146. The van der Waals surface area contributed by atoms with Crippen molar-refractivity contribution in [1.29, 1.82) is 0 Å². The van der Waals surface area contributed by atoms with Gasteiger partial charge in [0.25, 0.3) is 0 Å². The highest BCUT2D eigenvalue weighted by molar-refractivity contribution is 5.66. The normalized spacial score (nSPS) is 11.8. The number of allylic oxidation sites excluding steroid dienone is 1. The number of rotatable bonds is 8. The summed E-state index contributed by atoms with van der Waals surface area (Å²) in [5, 5.41) is 0. The van der Waals surface area contributed by atoms with Gasteiger partial charge in [0.1, 0.15) is 6.10 Å². The van der Waals surface area contributed by atoms with E-state index >= 15 is 0 Å². The second-order valence-corrected chi connectivity index (χ2v) is 3.33. The molecule has 0 saturated heterocycles. The largest absolute Gasteiger partial charge is 0.462 e. The Morgan fingerprint density at radius 2 is 2.07 bits per heavy atom. The van der Waals surface area contributed by atoms with Crippen LogP contribution < -0.4 is 0 Å². The molecule has 14 heavy (non-hydrogen) atoms. The van der Waals surface area contributed by atoms with Gasteiger partial charge in [-0.1, -0.05) is 12.2 Å². The predicted molar refractivity (Wildman–Crippen MR) is 59.0 cm³/mol. The van der Waals surface area contributed by atoms with Gasteiger partial charge in [-0.3, -0.25) is 4.79 Å². The van der Waals surface area contributed by atoms with E-state index in [1.54, 1.807) is 6.08 Å². The molecule has 0 amide bonds. The number of carbonyl (C=O) groups is 1. The first-order chi connectivity index (χ1) is 6.70. The van der Waals surface area contributed by atoms with Crippen LogP contribution in [0.2, 0.25) is 0 Å². The molecule has 0 rings (SSSR count). The van der Waals surface area contributed by atoms with Crippen molar-refractivity contribution in [2.24, 2.45) is 0 Å². The van der Waals surface area contributed by atoms with Crippen molar-refractivity contribution in [2.75, 3.05) is 0 Å². The number of hydrogen-bond donors (Lipinski definition) is 0. The van der Waals surface area contributed by atoms with E-state index in [2.05, 4.69) is 13.2 Å². The van der Waals surface area contributed by atoms with Crippen molar-refractivity contribution in [3.8, 4) is 0 Å². The van der Waals surface area contributed by atoms with Crippen molar-refractivity contribution in [1.82, 2.24) is 0 Å². The summed E-state index contributed by atoms with van der Waals surface area (Å²) in [6.07, 6.45) is 8.58. The second-order valence-electron chi connectivity index (χ2n) is 3.33.